The van der Waals surface area contributed by atoms with E-state index < -0.39 is 0 Å². The molecule has 3 rings (SSSR count). The van der Waals surface area contributed by atoms with E-state index >= 15 is 0 Å². The summed E-state index contributed by atoms with van der Waals surface area (Å²) in [4.78, 5) is 4.00. The average Bonchev–Trinajstić information content (AvgIpc) is 3.19. The quantitative estimate of drug-likeness (QED) is 0.753. The van der Waals surface area contributed by atoms with Crippen LogP contribution in [-0.4, -0.2) is 20.8 Å². The minimum Gasteiger partial charge on any atom is -0.469 e. The van der Waals surface area contributed by atoms with Crippen LogP contribution in [0.25, 0.3) is 5.69 Å². The van der Waals surface area contributed by atoms with Crippen molar-refractivity contribution in [1.29, 1.82) is 0 Å². The van der Waals surface area contributed by atoms with Crippen LogP contribution >= 0.6 is 0 Å². The molecule has 21 heavy (non-hydrogen) atoms. The number of furan rings is 1. The van der Waals surface area contributed by atoms with Crippen molar-refractivity contribution in [2.24, 2.45) is 0 Å². The van der Waals surface area contributed by atoms with Gasteiger partial charge in [-0.25, -0.2) is 9.67 Å². The van der Waals surface area contributed by atoms with E-state index in [1.165, 1.54) is 6.33 Å². The molecule has 0 saturated carbocycles. The van der Waals surface area contributed by atoms with Gasteiger partial charge in [0, 0.05) is 12.5 Å². The summed E-state index contributed by atoms with van der Waals surface area (Å²) in [5, 5.41) is 7.72. The predicted octanol–water partition coefficient (Wildman–Crippen LogP) is 3.29. The van der Waals surface area contributed by atoms with E-state index in [2.05, 4.69) is 28.4 Å². The van der Waals surface area contributed by atoms with Crippen molar-refractivity contribution in [2.75, 3.05) is 5.32 Å². The van der Waals surface area contributed by atoms with E-state index in [0.717, 1.165) is 30.0 Å². The van der Waals surface area contributed by atoms with E-state index in [0.29, 0.717) is 6.04 Å². The van der Waals surface area contributed by atoms with Gasteiger partial charge in [-0.1, -0.05) is 12.1 Å². The Morgan fingerprint density at radius 3 is 2.90 bits per heavy atom. The number of nitrogens with zero attached hydrogens (tertiary/aromatic N) is 3. The van der Waals surface area contributed by atoms with Gasteiger partial charge in [-0.15, -0.1) is 0 Å². The third-order valence-corrected chi connectivity index (χ3v) is 3.38. The summed E-state index contributed by atoms with van der Waals surface area (Å²) in [5.41, 5.74) is 2.05. The summed E-state index contributed by atoms with van der Waals surface area (Å²) in [7, 11) is 0. The van der Waals surface area contributed by atoms with Gasteiger partial charge in [0.1, 0.15) is 18.4 Å². The lowest BCUT2D eigenvalue weighted by atomic mass is 10.1. The summed E-state index contributed by atoms with van der Waals surface area (Å²) in [6.07, 6.45) is 6.88. The van der Waals surface area contributed by atoms with E-state index in [9.17, 15) is 0 Å². The Morgan fingerprint density at radius 1 is 1.24 bits per heavy atom. The molecule has 0 bridgehead atoms. The van der Waals surface area contributed by atoms with Gasteiger partial charge < -0.3 is 9.73 Å². The van der Waals surface area contributed by atoms with E-state index in [-0.39, 0.29) is 0 Å². The molecular weight excluding hydrogens is 264 g/mol. The molecule has 1 N–H and O–H groups in total. The number of rotatable bonds is 6. The molecule has 3 aromatic rings. The van der Waals surface area contributed by atoms with Crippen LogP contribution in [0.4, 0.5) is 5.69 Å². The Hall–Kier alpha value is -2.56. The smallest absolute Gasteiger partial charge is 0.138 e. The number of nitrogens with one attached hydrogen (secondary N) is 1. The lowest BCUT2D eigenvalue weighted by molar-refractivity contribution is 0.495. The molecular formula is C16H18N4O. The molecule has 0 aliphatic carbocycles. The molecule has 0 saturated heterocycles. The minimum absolute atomic E-state index is 0.333. The second-order valence-electron chi connectivity index (χ2n) is 5.02. The second-order valence-corrected chi connectivity index (χ2v) is 5.02. The highest BCUT2D eigenvalue weighted by atomic mass is 16.3. The summed E-state index contributed by atoms with van der Waals surface area (Å²) in [6, 6.07) is 12.4. The SMILES string of the molecule is CC(CCc1ccco1)Nc1ccccc1-n1cncn1. The first-order valence-electron chi connectivity index (χ1n) is 7.06. The molecule has 2 aromatic heterocycles. The van der Waals surface area contributed by atoms with Gasteiger partial charge in [0.25, 0.3) is 0 Å². The van der Waals surface area contributed by atoms with Crippen LogP contribution in [0.15, 0.2) is 59.7 Å². The van der Waals surface area contributed by atoms with Crippen molar-refractivity contribution in [3.8, 4) is 5.69 Å². The topological polar surface area (TPSA) is 55.9 Å². The fourth-order valence-corrected chi connectivity index (χ4v) is 2.28. The number of aryl methyl sites for hydroxylation is 1. The Bertz CT molecular complexity index is 661. The average molecular weight is 282 g/mol. The summed E-state index contributed by atoms with van der Waals surface area (Å²) in [5.74, 6) is 1.02. The van der Waals surface area contributed by atoms with Gasteiger partial charge in [0.15, 0.2) is 0 Å². The van der Waals surface area contributed by atoms with Crippen molar-refractivity contribution in [3.63, 3.8) is 0 Å². The normalized spacial score (nSPS) is 12.2. The largest absolute Gasteiger partial charge is 0.469 e. The van der Waals surface area contributed by atoms with E-state index in [1.54, 1.807) is 17.3 Å². The van der Waals surface area contributed by atoms with Gasteiger partial charge in [0.2, 0.25) is 0 Å². The van der Waals surface area contributed by atoms with Crippen LogP contribution in [0.3, 0.4) is 0 Å². The van der Waals surface area contributed by atoms with Crippen molar-refractivity contribution >= 4 is 5.69 Å². The lowest BCUT2D eigenvalue weighted by Gasteiger charge is -2.17. The molecule has 1 aromatic carbocycles. The molecule has 0 fully saturated rings. The summed E-state index contributed by atoms with van der Waals surface area (Å²) < 4.78 is 7.13. The van der Waals surface area contributed by atoms with Crippen LogP contribution < -0.4 is 5.32 Å². The van der Waals surface area contributed by atoms with Crippen LogP contribution in [0.1, 0.15) is 19.1 Å². The number of anilines is 1. The second kappa shape index (κ2) is 6.26. The maximum atomic E-state index is 5.37. The predicted molar refractivity (Wildman–Crippen MR) is 81.5 cm³/mol. The number of hydrogen-bond acceptors (Lipinski definition) is 4. The van der Waals surface area contributed by atoms with E-state index in [1.807, 2.05) is 30.3 Å². The Labute approximate surface area is 123 Å². The molecule has 0 aliphatic heterocycles. The van der Waals surface area contributed by atoms with Gasteiger partial charge in [-0.05, 0) is 37.6 Å². The van der Waals surface area contributed by atoms with Crippen LogP contribution in [0.5, 0.6) is 0 Å². The number of aromatic nitrogens is 3. The highest BCUT2D eigenvalue weighted by Gasteiger charge is 2.09. The molecule has 5 heteroatoms. The lowest BCUT2D eigenvalue weighted by Crippen LogP contribution is -2.17. The molecule has 1 atom stereocenters. The van der Waals surface area contributed by atoms with Crippen molar-refractivity contribution in [2.45, 2.75) is 25.8 Å². The molecule has 2 heterocycles. The molecule has 0 amide bonds. The zero-order valence-electron chi connectivity index (χ0n) is 11.9. The molecule has 0 spiro atoms. The van der Waals surface area contributed by atoms with Crippen molar-refractivity contribution in [1.82, 2.24) is 14.8 Å². The van der Waals surface area contributed by atoms with E-state index in [4.69, 9.17) is 4.42 Å². The first-order chi connectivity index (χ1) is 10.3. The first-order valence-corrected chi connectivity index (χ1v) is 7.06. The fraction of sp³-hybridized carbons (Fsp3) is 0.250. The number of benzene rings is 1. The molecule has 108 valence electrons. The maximum Gasteiger partial charge on any atom is 0.138 e. The highest BCUT2D eigenvalue weighted by molar-refractivity contribution is 5.60. The maximum absolute atomic E-state index is 5.37. The van der Waals surface area contributed by atoms with Gasteiger partial charge in [-0.2, -0.15) is 5.10 Å². The fourth-order valence-electron chi connectivity index (χ4n) is 2.28. The van der Waals surface area contributed by atoms with Crippen LogP contribution in [0.2, 0.25) is 0 Å². The summed E-state index contributed by atoms with van der Waals surface area (Å²) >= 11 is 0. The number of hydrogen-bond donors (Lipinski definition) is 1. The summed E-state index contributed by atoms with van der Waals surface area (Å²) in [6.45, 7) is 2.17. The van der Waals surface area contributed by atoms with Crippen LogP contribution in [0, 0.1) is 0 Å². The van der Waals surface area contributed by atoms with Crippen molar-refractivity contribution in [3.05, 3.63) is 61.1 Å². The minimum atomic E-state index is 0.333. The van der Waals surface area contributed by atoms with Crippen molar-refractivity contribution < 1.29 is 4.42 Å². The highest BCUT2D eigenvalue weighted by Crippen LogP contribution is 2.20. The van der Waals surface area contributed by atoms with Gasteiger partial charge in [0.05, 0.1) is 17.6 Å². The molecule has 1 unspecified atom stereocenters. The Balaban J connectivity index is 1.67. The zero-order chi connectivity index (χ0) is 14.5. The van der Waals surface area contributed by atoms with Gasteiger partial charge in [-0.3, -0.25) is 0 Å². The molecule has 0 aliphatic rings. The molecule has 0 radical (unpaired) electrons. The third-order valence-electron chi connectivity index (χ3n) is 3.38. The van der Waals surface area contributed by atoms with Gasteiger partial charge >= 0.3 is 0 Å². The monoisotopic (exact) mass is 282 g/mol. The van der Waals surface area contributed by atoms with Crippen LogP contribution in [-0.2, 0) is 6.42 Å². The molecule has 5 nitrogen and oxygen atoms in total. The third kappa shape index (κ3) is 3.31. The standard InChI is InChI=1S/C16H18N4O/c1-13(8-9-14-5-4-10-21-14)19-15-6-2-3-7-16(15)20-12-17-11-18-20/h2-7,10-13,19H,8-9H2,1H3. The first kappa shape index (κ1) is 13.4. The number of para-hydroxylation sites is 2. The Kier molecular flexibility index (Phi) is 4.00. The zero-order valence-corrected chi connectivity index (χ0v) is 11.9. The Morgan fingerprint density at radius 2 is 2.14 bits per heavy atom.